The fourth-order valence-electron chi connectivity index (χ4n) is 1.57. The van der Waals surface area contributed by atoms with Crippen LogP contribution in [-0.4, -0.2) is 5.54 Å². The second kappa shape index (κ2) is 3.50. The van der Waals surface area contributed by atoms with Gasteiger partial charge in [-0.3, -0.25) is 0 Å². The van der Waals surface area contributed by atoms with E-state index in [4.69, 9.17) is 5.73 Å². The van der Waals surface area contributed by atoms with Gasteiger partial charge in [0.1, 0.15) is 0 Å². The molecule has 0 spiro atoms. The molecule has 4 heteroatoms. The van der Waals surface area contributed by atoms with Crippen molar-refractivity contribution in [1.29, 1.82) is 0 Å². The van der Waals surface area contributed by atoms with Gasteiger partial charge in [-0.1, -0.05) is 18.2 Å². The van der Waals surface area contributed by atoms with Crippen LogP contribution in [0.1, 0.15) is 19.4 Å². The molecule has 0 saturated carbocycles. The predicted octanol–water partition coefficient (Wildman–Crippen LogP) is 3.73. The Morgan fingerprint density at radius 2 is 1.81 bits per heavy atom. The lowest BCUT2D eigenvalue weighted by Crippen LogP contribution is -2.48. The van der Waals surface area contributed by atoms with E-state index in [0.717, 1.165) is 4.70 Å². The Balaban J connectivity index is 2.64. The van der Waals surface area contributed by atoms with E-state index in [9.17, 15) is 8.78 Å². The molecular weight excluding hydrogens is 228 g/mol. The lowest BCUT2D eigenvalue weighted by atomic mass is 9.91. The van der Waals surface area contributed by atoms with Crippen LogP contribution in [0, 0.1) is 0 Å². The molecule has 0 aliphatic rings. The van der Waals surface area contributed by atoms with Gasteiger partial charge in [0, 0.05) is 21.0 Å². The first-order valence-corrected chi connectivity index (χ1v) is 5.85. The number of benzene rings is 1. The average Bonchev–Trinajstić information content (AvgIpc) is 2.59. The van der Waals surface area contributed by atoms with Crippen LogP contribution in [0.2, 0.25) is 0 Å². The number of fused-ring (bicyclic) bond motifs is 1. The second-order valence-corrected chi connectivity index (χ2v) is 5.35. The monoisotopic (exact) mass is 241 g/mol. The van der Waals surface area contributed by atoms with Crippen molar-refractivity contribution in [2.75, 3.05) is 0 Å². The summed E-state index contributed by atoms with van der Waals surface area (Å²) in [5.74, 6) is -3.02. The van der Waals surface area contributed by atoms with Crippen molar-refractivity contribution in [1.82, 2.24) is 0 Å². The van der Waals surface area contributed by atoms with Crippen LogP contribution in [0.5, 0.6) is 0 Å². The molecule has 1 aromatic heterocycles. The van der Waals surface area contributed by atoms with Crippen LogP contribution < -0.4 is 5.73 Å². The molecule has 2 N–H and O–H groups in total. The summed E-state index contributed by atoms with van der Waals surface area (Å²) in [6.45, 7) is 2.69. The number of rotatable bonds is 2. The van der Waals surface area contributed by atoms with Gasteiger partial charge in [0.2, 0.25) is 0 Å². The van der Waals surface area contributed by atoms with Crippen molar-refractivity contribution >= 4 is 21.4 Å². The quantitative estimate of drug-likeness (QED) is 0.851. The number of hydrogen-bond acceptors (Lipinski definition) is 2. The zero-order chi connectivity index (χ0) is 12.0. The van der Waals surface area contributed by atoms with Crippen LogP contribution in [0.15, 0.2) is 29.6 Å². The van der Waals surface area contributed by atoms with Crippen molar-refractivity contribution in [3.63, 3.8) is 0 Å². The molecule has 0 saturated heterocycles. The van der Waals surface area contributed by atoms with Crippen molar-refractivity contribution in [3.8, 4) is 0 Å². The largest absolute Gasteiger partial charge is 0.320 e. The van der Waals surface area contributed by atoms with Crippen molar-refractivity contribution in [2.45, 2.75) is 25.3 Å². The van der Waals surface area contributed by atoms with Gasteiger partial charge in [0.15, 0.2) is 0 Å². The van der Waals surface area contributed by atoms with Gasteiger partial charge in [0.05, 0.1) is 5.54 Å². The summed E-state index contributed by atoms with van der Waals surface area (Å²) in [5.41, 5.74) is 4.02. The van der Waals surface area contributed by atoms with Gasteiger partial charge in [-0.25, -0.2) is 0 Å². The molecule has 0 unspecified atom stereocenters. The Bertz CT molecular complexity index is 511. The molecule has 0 fully saturated rings. The van der Waals surface area contributed by atoms with E-state index in [0.29, 0.717) is 5.39 Å². The second-order valence-electron chi connectivity index (χ2n) is 4.44. The molecule has 0 atom stereocenters. The predicted molar refractivity (Wildman–Crippen MR) is 64.0 cm³/mol. The van der Waals surface area contributed by atoms with Gasteiger partial charge in [0.25, 0.3) is 5.92 Å². The van der Waals surface area contributed by atoms with E-state index in [1.54, 1.807) is 12.1 Å². The number of halogens is 2. The third kappa shape index (κ3) is 1.62. The molecule has 1 heterocycles. The molecule has 1 nitrogen and oxygen atoms in total. The third-order valence-corrected chi connectivity index (χ3v) is 3.59. The maximum absolute atomic E-state index is 14.1. The lowest BCUT2D eigenvalue weighted by Gasteiger charge is -2.30. The normalized spacial score (nSPS) is 13.3. The van der Waals surface area contributed by atoms with Crippen LogP contribution in [0.3, 0.4) is 0 Å². The minimum atomic E-state index is -3.02. The molecule has 2 rings (SSSR count). The first kappa shape index (κ1) is 11.5. The Hall–Kier alpha value is -1.00. The highest BCUT2D eigenvalue weighted by molar-refractivity contribution is 7.17. The minimum Gasteiger partial charge on any atom is -0.320 e. The molecule has 86 valence electrons. The molecule has 0 amide bonds. The summed E-state index contributed by atoms with van der Waals surface area (Å²) in [6.07, 6.45) is 0. The third-order valence-electron chi connectivity index (χ3n) is 2.63. The highest BCUT2D eigenvalue weighted by Gasteiger charge is 2.46. The molecule has 0 bridgehead atoms. The smallest absolute Gasteiger partial charge is 0.291 e. The summed E-state index contributed by atoms with van der Waals surface area (Å²) < 4.78 is 29.1. The molecule has 16 heavy (non-hydrogen) atoms. The van der Waals surface area contributed by atoms with Crippen LogP contribution >= 0.6 is 11.3 Å². The average molecular weight is 241 g/mol. The fraction of sp³-hybridized carbons (Fsp3) is 0.333. The van der Waals surface area contributed by atoms with E-state index < -0.39 is 11.5 Å². The van der Waals surface area contributed by atoms with E-state index in [1.807, 2.05) is 12.1 Å². The van der Waals surface area contributed by atoms with E-state index in [2.05, 4.69) is 0 Å². The molecular formula is C12H13F2NS. The zero-order valence-corrected chi connectivity index (χ0v) is 9.94. The number of alkyl halides is 2. The molecule has 0 aliphatic carbocycles. The molecule has 2 aromatic rings. The van der Waals surface area contributed by atoms with Crippen LogP contribution in [0.4, 0.5) is 8.78 Å². The van der Waals surface area contributed by atoms with Crippen molar-refractivity contribution < 1.29 is 8.78 Å². The summed E-state index contributed by atoms with van der Waals surface area (Å²) in [7, 11) is 0. The van der Waals surface area contributed by atoms with Crippen molar-refractivity contribution in [2.24, 2.45) is 5.73 Å². The molecule has 1 aromatic carbocycles. The van der Waals surface area contributed by atoms with E-state index >= 15 is 0 Å². The van der Waals surface area contributed by atoms with Crippen LogP contribution in [-0.2, 0) is 5.92 Å². The van der Waals surface area contributed by atoms with E-state index in [-0.39, 0.29) is 5.56 Å². The van der Waals surface area contributed by atoms with Gasteiger partial charge < -0.3 is 5.73 Å². The minimum absolute atomic E-state index is 0.0283. The lowest BCUT2D eigenvalue weighted by molar-refractivity contribution is -0.0656. The Kier molecular flexibility index (Phi) is 2.51. The summed E-state index contributed by atoms with van der Waals surface area (Å²) in [6, 6.07) is 7.15. The van der Waals surface area contributed by atoms with Crippen molar-refractivity contribution in [3.05, 3.63) is 35.2 Å². The zero-order valence-electron chi connectivity index (χ0n) is 9.13. The molecule has 0 radical (unpaired) electrons. The van der Waals surface area contributed by atoms with Gasteiger partial charge >= 0.3 is 0 Å². The maximum Gasteiger partial charge on any atom is 0.291 e. The van der Waals surface area contributed by atoms with E-state index in [1.165, 1.54) is 30.6 Å². The van der Waals surface area contributed by atoms with Gasteiger partial charge in [-0.15, -0.1) is 11.3 Å². The van der Waals surface area contributed by atoms with Gasteiger partial charge in [-0.2, -0.15) is 8.78 Å². The highest BCUT2D eigenvalue weighted by Crippen LogP contribution is 2.42. The Morgan fingerprint density at radius 1 is 1.19 bits per heavy atom. The topological polar surface area (TPSA) is 26.0 Å². The summed E-state index contributed by atoms with van der Waals surface area (Å²) >= 11 is 1.32. The summed E-state index contributed by atoms with van der Waals surface area (Å²) in [5, 5.41) is 2.09. The number of hydrogen-bond donors (Lipinski definition) is 1. The summed E-state index contributed by atoms with van der Waals surface area (Å²) in [4.78, 5) is 0. The molecule has 0 aliphatic heterocycles. The SMILES string of the molecule is CC(C)(N)C(F)(F)c1csc2ccccc12. The Labute approximate surface area is 96.9 Å². The Morgan fingerprint density at radius 3 is 2.44 bits per heavy atom. The number of nitrogens with two attached hydrogens (primary N) is 1. The highest BCUT2D eigenvalue weighted by atomic mass is 32.1. The standard InChI is InChI=1S/C12H13F2NS/c1-11(2,15)12(13,14)9-7-16-10-6-4-3-5-8(9)10/h3-7H,15H2,1-2H3. The van der Waals surface area contributed by atoms with Crippen LogP contribution in [0.25, 0.3) is 10.1 Å². The first-order chi connectivity index (χ1) is 7.34. The first-order valence-electron chi connectivity index (χ1n) is 4.97. The van der Waals surface area contributed by atoms with Gasteiger partial charge in [-0.05, 0) is 19.9 Å². The number of thiophene rings is 1. The maximum atomic E-state index is 14.1. The fourth-order valence-corrected chi connectivity index (χ4v) is 2.55.